The molecule has 1 heterocycles. The van der Waals surface area contributed by atoms with Crippen LogP contribution in [0.1, 0.15) is 44.9 Å². The van der Waals surface area contributed by atoms with Gasteiger partial charge in [0.1, 0.15) is 18.0 Å². The maximum absolute atomic E-state index is 12.7. The molecule has 0 bridgehead atoms. The van der Waals surface area contributed by atoms with Crippen LogP contribution in [0.3, 0.4) is 0 Å². The number of rotatable bonds is 5. The number of ketones is 1. The Morgan fingerprint density at radius 2 is 1.93 bits per heavy atom. The summed E-state index contributed by atoms with van der Waals surface area (Å²) in [6.45, 7) is 4.74. The van der Waals surface area contributed by atoms with Gasteiger partial charge in [-0.2, -0.15) is 0 Å². The number of halogens is 1. The van der Waals surface area contributed by atoms with E-state index in [2.05, 4.69) is 12.2 Å². The van der Waals surface area contributed by atoms with Crippen LogP contribution in [0.5, 0.6) is 5.75 Å². The zero-order chi connectivity index (χ0) is 19.0. The van der Waals surface area contributed by atoms with Gasteiger partial charge in [-0.25, -0.2) is 0 Å². The van der Waals surface area contributed by atoms with E-state index < -0.39 is 6.10 Å². The van der Waals surface area contributed by atoms with E-state index in [9.17, 15) is 9.90 Å². The van der Waals surface area contributed by atoms with E-state index >= 15 is 0 Å². The van der Waals surface area contributed by atoms with Crippen molar-refractivity contribution >= 4 is 29.5 Å². The summed E-state index contributed by atoms with van der Waals surface area (Å²) in [4.78, 5) is 15.2. The van der Waals surface area contributed by atoms with Crippen molar-refractivity contribution < 1.29 is 14.6 Å². The smallest absolute Gasteiger partial charge is 0.168 e. The van der Waals surface area contributed by atoms with Crippen molar-refractivity contribution in [2.45, 2.75) is 57.8 Å². The third-order valence-corrected chi connectivity index (χ3v) is 6.89. The van der Waals surface area contributed by atoms with Gasteiger partial charge in [0, 0.05) is 33.8 Å². The summed E-state index contributed by atoms with van der Waals surface area (Å²) in [7, 11) is 0. The Balaban J connectivity index is 0.00000225. The molecule has 2 N–H and O–H groups in total. The molecule has 6 heteroatoms. The number of benzene rings is 1. The minimum Gasteiger partial charge on any atom is -0.488 e. The van der Waals surface area contributed by atoms with Crippen LogP contribution in [0.15, 0.2) is 30.3 Å². The second kappa shape index (κ2) is 8.95. The van der Waals surface area contributed by atoms with Crippen molar-refractivity contribution in [3.63, 3.8) is 0 Å². The normalized spacial score (nSPS) is 26.6. The zero-order valence-electron chi connectivity index (χ0n) is 16.3. The number of carbonyl (C=O) groups excluding carboxylic acids is 1. The van der Waals surface area contributed by atoms with Crippen LogP contribution in [-0.2, 0) is 6.42 Å². The van der Waals surface area contributed by atoms with E-state index in [4.69, 9.17) is 4.74 Å². The van der Waals surface area contributed by atoms with Gasteiger partial charge < -0.3 is 15.2 Å². The average molecular weight is 422 g/mol. The van der Waals surface area contributed by atoms with Crippen LogP contribution in [0.25, 0.3) is 0 Å². The molecule has 4 rings (SSSR count). The van der Waals surface area contributed by atoms with Crippen LogP contribution in [0.4, 0.5) is 0 Å². The molecular weight excluding hydrogens is 394 g/mol. The second-order valence-corrected chi connectivity index (χ2v) is 9.19. The highest BCUT2D eigenvalue weighted by molar-refractivity contribution is 7.12. The summed E-state index contributed by atoms with van der Waals surface area (Å²) in [6, 6.07) is 9.94. The number of aryl methyl sites for hydroxylation is 3. The monoisotopic (exact) mass is 421 g/mol. The Morgan fingerprint density at radius 3 is 2.68 bits per heavy atom. The Hall–Kier alpha value is -1.40. The molecule has 4 atom stereocenters. The van der Waals surface area contributed by atoms with Gasteiger partial charge in [-0.1, -0.05) is 17.7 Å². The first-order valence-corrected chi connectivity index (χ1v) is 10.6. The topological polar surface area (TPSA) is 58.6 Å². The number of ether oxygens (including phenoxy) is 1. The van der Waals surface area contributed by atoms with Gasteiger partial charge in [0.25, 0.3) is 0 Å². The number of aliphatic hydroxyl groups excluding tert-OH is 1. The van der Waals surface area contributed by atoms with Crippen LogP contribution in [0.2, 0.25) is 0 Å². The molecule has 0 amide bonds. The number of carbonyl (C=O) groups is 1. The Labute approximate surface area is 176 Å². The lowest BCUT2D eigenvalue weighted by Crippen LogP contribution is -2.44. The number of hydrogen-bond acceptors (Lipinski definition) is 5. The molecule has 4 nitrogen and oxygen atoms in total. The quantitative estimate of drug-likeness (QED) is 0.763. The molecule has 152 valence electrons. The van der Waals surface area contributed by atoms with E-state index in [1.54, 1.807) is 11.3 Å². The van der Waals surface area contributed by atoms with Gasteiger partial charge in [-0.05, 0) is 57.7 Å². The van der Waals surface area contributed by atoms with E-state index in [0.717, 1.165) is 37.0 Å². The molecule has 1 aromatic carbocycles. The highest BCUT2D eigenvalue weighted by Gasteiger charge is 2.37. The summed E-state index contributed by atoms with van der Waals surface area (Å²) in [5, 5.41) is 14.1. The van der Waals surface area contributed by atoms with E-state index in [1.807, 2.05) is 37.3 Å². The fraction of sp³-hybridized carbons (Fsp3) is 0.500. The molecule has 2 aliphatic carbocycles. The summed E-state index contributed by atoms with van der Waals surface area (Å²) >= 11 is 1.74. The lowest BCUT2D eigenvalue weighted by molar-refractivity contribution is 0.0441. The van der Waals surface area contributed by atoms with Crippen molar-refractivity contribution in [3.8, 4) is 5.75 Å². The minimum atomic E-state index is -0.552. The molecule has 0 saturated heterocycles. The van der Waals surface area contributed by atoms with Crippen molar-refractivity contribution in [1.29, 1.82) is 0 Å². The van der Waals surface area contributed by atoms with Crippen molar-refractivity contribution in [2.24, 2.45) is 5.92 Å². The molecule has 28 heavy (non-hydrogen) atoms. The van der Waals surface area contributed by atoms with E-state index in [-0.39, 0.29) is 36.3 Å². The highest BCUT2D eigenvalue weighted by atomic mass is 35.5. The fourth-order valence-corrected chi connectivity index (χ4v) is 5.24. The molecule has 4 unspecified atom stereocenters. The van der Waals surface area contributed by atoms with Crippen molar-refractivity contribution in [2.75, 3.05) is 6.54 Å². The Morgan fingerprint density at radius 1 is 1.18 bits per heavy atom. The van der Waals surface area contributed by atoms with Crippen LogP contribution in [0, 0.1) is 19.8 Å². The van der Waals surface area contributed by atoms with Crippen LogP contribution < -0.4 is 10.1 Å². The lowest BCUT2D eigenvalue weighted by atomic mass is 9.87. The van der Waals surface area contributed by atoms with Gasteiger partial charge in [0.15, 0.2) is 5.78 Å². The predicted octanol–water partition coefficient (Wildman–Crippen LogP) is 4.09. The maximum Gasteiger partial charge on any atom is 0.168 e. The van der Waals surface area contributed by atoms with Crippen LogP contribution >= 0.6 is 23.7 Å². The number of fused-ring (bicyclic) bond motifs is 1. The van der Waals surface area contributed by atoms with E-state index in [1.165, 1.54) is 15.3 Å². The number of aliphatic hydroxyl groups is 1. The van der Waals surface area contributed by atoms with Gasteiger partial charge in [-0.15, -0.1) is 23.7 Å². The predicted molar refractivity (Wildman–Crippen MR) is 115 cm³/mol. The zero-order valence-corrected chi connectivity index (χ0v) is 17.9. The first-order chi connectivity index (χ1) is 13.0. The van der Waals surface area contributed by atoms with Crippen molar-refractivity contribution in [3.05, 3.63) is 51.2 Å². The molecule has 2 aromatic rings. The minimum absolute atomic E-state index is 0. The Bertz CT molecular complexity index is 820. The number of hydrogen-bond donors (Lipinski definition) is 2. The second-order valence-electron chi connectivity index (χ2n) is 7.85. The van der Waals surface area contributed by atoms with Gasteiger partial charge in [-0.3, -0.25) is 4.79 Å². The van der Waals surface area contributed by atoms with Crippen molar-refractivity contribution in [1.82, 2.24) is 5.32 Å². The molecule has 0 spiro atoms. The molecular formula is C22H28ClNO3S. The molecule has 2 aliphatic rings. The Kier molecular flexibility index (Phi) is 6.81. The average Bonchev–Trinajstić information content (AvgIpc) is 3.20. The molecule has 1 aromatic heterocycles. The number of nitrogens with one attached hydrogen (secondary N) is 1. The lowest BCUT2D eigenvalue weighted by Gasteiger charge is -2.25. The highest BCUT2D eigenvalue weighted by Crippen LogP contribution is 2.32. The van der Waals surface area contributed by atoms with Crippen LogP contribution in [-0.4, -0.2) is 35.7 Å². The molecule has 0 aliphatic heterocycles. The molecule has 0 radical (unpaired) electrons. The maximum atomic E-state index is 12.7. The largest absolute Gasteiger partial charge is 0.488 e. The van der Waals surface area contributed by atoms with Gasteiger partial charge in [0.2, 0.25) is 0 Å². The summed E-state index contributed by atoms with van der Waals surface area (Å²) in [5.41, 5.74) is 2.11. The molecule has 1 fully saturated rings. The number of Topliss-reactive ketones (excluding diaryl/α,β-unsaturated/α-hetero) is 1. The third-order valence-electron chi connectivity index (χ3n) is 5.78. The third kappa shape index (κ3) is 4.43. The first kappa shape index (κ1) is 21.3. The summed E-state index contributed by atoms with van der Waals surface area (Å²) in [6.07, 6.45) is 2.81. The van der Waals surface area contributed by atoms with Gasteiger partial charge >= 0.3 is 0 Å². The number of thiophene rings is 1. The summed E-state index contributed by atoms with van der Waals surface area (Å²) in [5.74, 6) is 1.07. The molecule has 1 saturated carbocycles. The standard InChI is InChI=1S/C22H27NO3S.ClH/c1-13-3-6-16(7-4-13)26-19-9-8-18(22(19)25)23-12-15-5-10-20-17(21(15)24)11-14(2)27-20;/h3-4,6-7,11,15,18-19,22-23,25H,5,8-10,12H2,1-2H3;1H. The SMILES string of the molecule is Cc1ccc(OC2CCC(NCC3CCc4sc(C)cc4C3=O)C2O)cc1.Cl. The summed E-state index contributed by atoms with van der Waals surface area (Å²) < 4.78 is 5.98. The van der Waals surface area contributed by atoms with Gasteiger partial charge in [0.05, 0.1) is 0 Å². The van der Waals surface area contributed by atoms with E-state index in [0.29, 0.717) is 6.54 Å². The fourth-order valence-electron chi connectivity index (χ4n) is 4.19. The first-order valence-electron chi connectivity index (χ1n) is 9.79.